The van der Waals surface area contributed by atoms with Gasteiger partial charge in [-0.05, 0) is 37.1 Å². The van der Waals surface area contributed by atoms with Crippen molar-refractivity contribution in [1.29, 1.82) is 0 Å². The molecule has 0 saturated heterocycles. The van der Waals surface area contributed by atoms with Crippen LogP contribution in [-0.4, -0.2) is 15.7 Å². The van der Waals surface area contributed by atoms with Crippen LogP contribution in [-0.2, 0) is 13.7 Å². The van der Waals surface area contributed by atoms with Crippen LogP contribution in [0, 0.1) is 13.8 Å². The van der Waals surface area contributed by atoms with Gasteiger partial charge in [0.05, 0.1) is 0 Å². The van der Waals surface area contributed by atoms with Crippen molar-refractivity contribution in [3.8, 4) is 5.75 Å². The summed E-state index contributed by atoms with van der Waals surface area (Å²) >= 11 is 0. The molecule has 6 heteroatoms. The highest BCUT2D eigenvalue weighted by Gasteiger charge is 2.13. The molecule has 0 unspecified atom stereocenters. The summed E-state index contributed by atoms with van der Waals surface area (Å²) in [5.74, 6) is 1.79. The predicted octanol–water partition coefficient (Wildman–Crippen LogP) is 3.46. The van der Waals surface area contributed by atoms with Crippen molar-refractivity contribution in [3.05, 3.63) is 65.2 Å². The molecule has 3 rings (SSSR count). The third-order valence-corrected chi connectivity index (χ3v) is 3.61. The van der Waals surface area contributed by atoms with Gasteiger partial charge in [0.2, 0.25) is 0 Å². The maximum atomic E-state index is 12.1. The minimum Gasteiger partial charge on any atom is -0.485 e. The Hall–Kier alpha value is -3.02. The summed E-state index contributed by atoms with van der Waals surface area (Å²) in [6.45, 7) is 4.26. The zero-order valence-electron chi connectivity index (χ0n) is 13.9. The third-order valence-electron chi connectivity index (χ3n) is 3.61. The fraction of sp³-hybridized carbons (Fsp3) is 0.222. The Morgan fingerprint density at radius 1 is 1.21 bits per heavy atom. The van der Waals surface area contributed by atoms with Crippen LogP contribution in [0.4, 0.5) is 5.82 Å². The number of hydrogen-bond donors (Lipinski definition) is 1. The molecule has 1 N–H and O–H groups in total. The van der Waals surface area contributed by atoms with Gasteiger partial charge in [-0.15, -0.1) is 0 Å². The molecule has 0 bridgehead atoms. The van der Waals surface area contributed by atoms with E-state index >= 15 is 0 Å². The lowest BCUT2D eigenvalue weighted by molar-refractivity contribution is 0.0992. The van der Waals surface area contributed by atoms with Crippen LogP contribution in [0.15, 0.2) is 47.0 Å². The van der Waals surface area contributed by atoms with Gasteiger partial charge in [-0.25, -0.2) is 0 Å². The Kier molecular flexibility index (Phi) is 4.37. The summed E-state index contributed by atoms with van der Waals surface area (Å²) in [4.78, 5) is 12.1. The molecule has 2 heterocycles. The number of nitrogens with one attached hydrogen (secondary N) is 1. The lowest BCUT2D eigenvalue weighted by Crippen LogP contribution is -2.11. The van der Waals surface area contributed by atoms with Gasteiger partial charge < -0.3 is 14.5 Å². The molecule has 0 radical (unpaired) electrons. The number of anilines is 1. The normalized spacial score (nSPS) is 10.6. The van der Waals surface area contributed by atoms with Crippen molar-refractivity contribution in [3.63, 3.8) is 0 Å². The van der Waals surface area contributed by atoms with Crippen molar-refractivity contribution in [1.82, 2.24) is 9.78 Å². The summed E-state index contributed by atoms with van der Waals surface area (Å²) in [7, 11) is 1.78. The Balaban J connectivity index is 1.64. The summed E-state index contributed by atoms with van der Waals surface area (Å²) in [5, 5.41) is 6.78. The van der Waals surface area contributed by atoms with E-state index in [0.29, 0.717) is 11.6 Å². The van der Waals surface area contributed by atoms with E-state index in [9.17, 15) is 4.79 Å². The summed E-state index contributed by atoms with van der Waals surface area (Å²) in [6.07, 6.45) is 1.75. The highest BCUT2D eigenvalue weighted by Crippen LogP contribution is 2.23. The standard InChI is InChI=1S/C18H19N3O3/c1-12-5-4-6-13(2)17(12)23-11-14-7-8-15(24-14)18(22)19-16-9-10-21(3)20-16/h4-10H,11H2,1-3H3,(H,19,20,22). The Bertz CT molecular complexity index is 844. The van der Waals surface area contributed by atoms with Crippen molar-refractivity contribution in [2.45, 2.75) is 20.5 Å². The van der Waals surface area contributed by atoms with Gasteiger partial charge in [0.25, 0.3) is 5.91 Å². The molecule has 3 aromatic rings. The molecule has 124 valence electrons. The number of ether oxygens (including phenoxy) is 1. The van der Waals surface area contributed by atoms with E-state index in [1.165, 1.54) is 0 Å². The van der Waals surface area contributed by atoms with Gasteiger partial charge in [-0.1, -0.05) is 18.2 Å². The fourth-order valence-electron chi connectivity index (χ4n) is 2.41. The van der Waals surface area contributed by atoms with Crippen LogP contribution in [0.1, 0.15) is 27.4 Å². The number of carbonyl (C=O) groups is 1. The first-order chi connectivity index (χ1) is 11.5. The molecule has 0 saturated carbocycles. The first kappa shape index (κ1) is 15.9. The van der Waals surface area contributed by atoms with E-state index in [1.54, 1.807) is 36.1 Å². The molecule has 0 aliphatic heterocycles. The van der Waals surface area contributed by atoms with Crippen LogP contribution < -0.4 is 10.1 Å². The van der Waals surface area contributed by atoms with Gasteiger partial charge in [0.15, 0.2) is 11.6 Å². The molecule has 0 atom stereocenters. The molecule has 2 aromatic heterocycles. The average Bonchev–Trinajstić information content (AvgIpc) is 3.16. The summed E-state index contributed by atoms with van der Waals surface area (Å²) in [5.41, 5.74) is 2.13. The van der Waals surface area contributed by atoms with Gasteiger partial charge >= 0.3 is 0 Å². The highest BCUT2D eigenvalue weighted by atomic mass is 16.5. The number of aryl methyl sites for hydroxylation is 3. The number of furan rings is 1. The second-order valence-corrected chi connectivity index (χ2v) is 5.60. The quantitative estimate of drug-likeness (QED) is 0.780. The number of benzene rings is 1. The number of carbonyl (C=O) groups excluding carboxylic acids is 1. The zero-order chi connectivity index (χ0) is 17.1. The lowest BCUT2D eigenvalue weighted by Gasteiger charge is -2.10. The van der Waals surface area contributed by atoms with Gasteiger partial charge in [0, 0.05) is 19.3 Å². The summed E-state index contributed by atoms with van der Waals surface area (Å²) in [6, 6.07) is 11.1. The monoisotopic (exact) mass is 325 g/mol. The van der Waals surface area contributed by atoms with Crippen LogP contribution in [0.3, 0.4) is 0 Å². The molecule has 0 fully saturated rings. The maximum Gasteiger partial charge on any atom is 0.292 e. The van der Waals surface area contributed by atoms with Crippen LogP contribution in [0.25, 0.3) is 0 Å². The van der Waals surface area contributed by atoms with E-state index in [-0.39, 0.29) is 18.3 Å². The second kappa shape index (κ2) is 6.62. The minimum absolute atomic E-state index is 0.223. The molecule has 1 amide bonds. The van der Waals surface area contributed by atoms with Gasteiger partial charge in [-0.3, -0.25) is 9.48 Å². The number of aromatic nitrogens is 2. The number of hydrogen-bond acceptors (Lipinski definition) is 4. The molecular formula is C18H19N3O3. The number of amides is 1. The van der Waals surface area contributed by atoms with Crippen molar-refractivity contribution >= 4 is 11.7 Å². The summed E-state index contributed by atoms with van der Waals surface area (Å²) < 4.78 is 13.0. The number of nitrogens with zero attached hydrogens (tertiary/aromatic N) is 2. The molecule has 0 aliphatic carbocycles. The van der Waals surface area contributed by atoms with E-state index in [0.717, 1.165) is 16.9 Å². The SMILES string of the molecule is Cc1cccc(C)c1OCc1ccc(C(=O)Nc2ccn(C)n2)o1. The Labute approximate surface area is 140 Å². The number of rotatable bonds is 5. The number of para-hydroxylation sites is 1. The van der Waals surface area contributed by atoms with Crippen LogP contribution in [0.5, 0.6) is 5.75 Å². The van der Waals surface area contributed by atoms with Crippen LogP contribution >= 0.6 is 0 Å². The molecule has 24 heavy (non-hydrogen) atoms. The Morgan fingerprint density at radius 2 is 1.96 bits per heavy atom. The zero-order valence-corrected chi connectivity index (χ0v) is 13.9. The van der Waals surface area contributed by atoms with E-state index in [1.807, 2.05) is 32.0 Å². The Morgan fingerprint density at radius 3 is 2.62 bits per heavy atom. The van der Waals surface area contributed by atoms with Gasteiger partial charge in [0.1, 0.15) is 18.1 Å². The smallest absolute Gasteiger partial charge is 0.292 e. The third kappa shape index (κ3) is 3.48. The molecule has 0 aliphatic rings. The lowest BCUT2D eigenvalue weighted by atomic mass is 10.1. The van der Waals surface area contributed by atoms with Crippen molar-refractivity contribution < 1.29 is 13.9 Å². The topological polar surface area (TPSA) is 69.3 Å². The highest BCUT2D eigenvalue weighted by molar-refractivity contribution is 6.01. The van der Waals surface area contributed by atoms with Crippen LogP contribution in [0.2, 0.25) is 0 Å². The molecule has 6 nitrogen and oxygen atoms in total. The first-order valence-electron chi connectivity index (χ1n) is 7.61. The van der Waals surface area contributed by atoms with Crippen molar-refractivity contribution in [2.75, 3.05) is 5.32 Å². The van der Waals surface area contributed by atoms with E-state index < -0.39 is 0 Å². The maximum absolute atomic E-state index is 12.1. The molecule has 0 spiro atoms. The predicted molar refractivity (Wildman–Crippen MR) is 90.1 cm³/mol. The average molecular weight is 325 g/mol. The first-order valence-corrected chi connectivity index (χ1v) is 7.61. The fourth-order valence-corrected chi connectivity index (χ4v) is 2.41. The molecular weight excluding hydrogens is 306 g/mol. The second-order valence-electron chi connectivity index (χ2n) is 5.60. The van der Waals surface area contributed by atoms with Crippen molar-refractivity contribution in [2.24, 2.45) is 7.05 Å². The van der Waals surface area contributed by atoms with E-state index in [2.05, 4.69) is 10.4 Å². The molecule has 1 aromatic carbocycles. The minimum atomic E-state index is -0.341. The largest absolute Gasteiger partial charge is 0.485 e. The van der Waals surface area contributed by atoms with Gasteiger partial charge in [-0.2, -0.15) is 5.10 Å². The van der Waals surface area contributed by atoms with E-state index in [4.69, 9.17) is 9.15 Å².